The molecule has 0 radical (unpaired) electrons. The minimum Gasteiger partial charge on any atom is -0.314 e. The molecule has 1 aliphatic rings. The van der Waals surface area contributed by atoms with Gasteiger partial charge >= 0.3 is 0 Å². The van der Waals surface area contributed by atoms with Crippen molar-refractivity contribution in [1.82, 2.24) is 15.5 Å². The van der Waals surface area contributed by atoms with Crippen molar-refractivity contribution in [2.75, 3.05) is 33.2 Å². The molecule has 0 bridgehead atoms. The van der Waals surface area contributed by atoms with Crippen LogP contribution in [0.5, 0.6) is 0 Å². The van der Waals surface area contributed by atoms with Crippen LogP contribution in [0.4, 0.5) is 0 Å². The van der Waals surface area contributed by atoms with Gasteiger partial charge in [0.1, 0.15) is 0 Å². The highest BCUT2D eigenvalue weighted by Gasteiger charge is 2.14. The largest absolute Gasteiger partial charge is 0.314 e. The SMILES string of the molecule is CC(C)N(C)CCCCNC1CNC1. The van der Waals surface area contributed by atoms with E-state index < -0.39 is 0 Å². The molecule has 3 nitrogen and oxygen atoms in total. The summed E-state index contributed by atoms with van der Waals surface area (Å²) in [6.45, 7) is 9.22. The van der Waals surface area contributed by atoms with E-state index in [1.807, 2.05) is 0 Å². The Balaban J connectivity index is 1.83. The smallest absolute Gasteiger partial charge is 0.0317 e. The second-order valence-electron chi connectivity index (χ2n) is 4.59. The van der Waals surface area contributed by atoms with E-state index in [4.69, 9.17) is 0 Å². The fraction of sp³-hybridized carbons (Fsp3) is 1.00. The van der Waals surface area contributed by atoms with Crippen molar-refractivity contribution >= 4 is 0 Å². The predicted octanol–water partition coefficient (Wildman–Crippen LogP) is 0.668. The van der Waals surface area contributed by atoms with Crippen LogP contribution < -0.4 is 10.6 Å². The maximum atomic E-state index is 3.54. The summed E-state index contributed by atoms with van der Waals surface area (Å²) in [5.41, 5.74) is 0. The normalized spacial score (nSPS) is 17.8. The highest BCUT2D eigenvalue weighted by Crippen LogP contribution is 1.98. The van der Waals surface area contributed by atoms with Gasteiger partial charge in [0, 0.05) is 25.2 Å². The van der Waals surface area contributed by atoms with Gasteiger partial charge in [-0.15, -0.1) is 0 Å². The maximum Gasteiger partial charge on any atom is 0.0317 e. The lowest BCUT2D eigenvalue weighted by atomic mass is 10.1. The molecule has 1 aliphatic heterocycles. The molecule has 0 aromatic carbocycles. The van der Waals surface area contributed by atoms with Crippen molar-refractivity contribution in [2.24, 2.45) is 0 Å². The minimum absolute atomic E-state index is 0.679. The zero-order valence-electron chi connectivity index (χ0n) is 9.84. The van der Waals surface area contributed by atoms with Gasteiger partial charge in [-0.2, -0.15) is 0 Å². The molecule has 0 saturated carbocycles. The Morgan fingerprint density at radius 2 is 2.07 bits per heavy atom. The summed E-state index contributed by atoms with van der Waals surface area (Å²) in [7, 11) is 2.20. The summed E-state index contributed by atoms with van der Waals surface area (Å²) in [6.07, 6.45) is 2.61. The van der Waals surface area contributed by atoms with E-state index in [0.29, 0.717) is 6.04 Å². The van der Waals surface area contributed by atoms with E-state index in [0.717, 1.165) is 19.1 Å². The molecule has 14 heavy (non-hydrogen) atoms. The molecule has 0 aromatic rings. The summed E-state index contributed by atoms with van der Waals surface area (Å²) in [5.74, 6) is 0. The lowest BCUT2D eigenvalue weighted by Crippen LogP contribution is -2.55. The maximum absolute atomic E-state index is 3.54. The van der Waals surface area contributed by atoms with E-state index in [2.05, 4.69) is 36.4 Å². The van der Waals surface area contributed by atoms with Crippen LogP contribution in [0.3, 0.4) is 0 Å². The van der Waals surface area contributed by atoms with Crippen LogP contribution in [0.15, 0.2) is 0 Å². The van der Waals surface area contributed by atoms with Gasteiger partial charge in [-0.1, -0.05) is 0 Å². The summed E-state index contributed by atoms with van der Waals surface area (Å²) in [6, 6.07) is 1.43. The average Bonchev–Trinajstić information content (AvgIpc) is 2.07. The topological polar surface area (TPSA) is 27.3 Å². The number of unbranched alkanes of at least 4 members (excludes halogenated alkanes) is 1. The Morgan fingerprint density at radius 1 is 1.36 bits per heavy atom. The first-order valence-corrected chi connectivity index (χ1v) is 5.84. The van der Waals surface area contributed by atoms with E-state index in [-0.39, 0.29) is 0 Å². The number of hydrogen-bond donors (Lipinski definition) is 2. The molecular weight excluding hydrogens is 174 g/mol. The molecule has 1 rings (SSSR count). The van der Waals surface area contributed by atoms with Crippen LogP contribution in [-0.2, 0) is 0 Å². The molecule has 0 aromatic heterocycles. The highest BCUT2D eigenvalue weighted by atomic mass is 15.1. The molecule has 2 N–H and O–H groups in total. The van der Waals surface area contributed by atoms with Gasteiger partial charge in [0.2, 0.25) is 0 Å². The fourth-order valence-corrected chi connectivity index (χ4v) is 1.48. The molecule has 0 atom stereocenters. The first-order chi connectivity index (χ1) is 6.70. The van der Waals surface area contributed by atoms with E-state index in [1.165, 1.54) is 25.9 Å². The third-order valence-corrected chi connectivity index (χ3v) is 3.03. The quantitative estimate of drug-likeness (QED) is 0.590. The summed E-state index contributed by atoms with van der Waals surface area (Å²) < 4.78 is 0. The number of rotatable bonds is 7. The molecule has 1 heterocycles. The Morgan fingerprint density at radius 3 is 2.57 bits per heavy atom. The molecular formula is C11H25N3. The average molecular weight is 199 g/mol. The zero-order valence-corrected chi connectivity index (χ0v) is 9.84. The lowest BCUT2D eigenvalue weighted by molar-refractivity contribution is 0.266. The van der Waals surface area contributed by atoms with Crippen LogP contribution in [0, 0.1) is 0 Å². The molecule has 0 amide bonds. The van der Waals surface area contributed by atoms with Gasteiger partial charge in [0.15, 0.2) is 0 Å². The van der Waals surface area contributed by atoms with E-state index in [1.54, 1.807) is 0 Å². The molecule has 84 valence electrons. The predicted molar refractivity (Wildman–Crippen MR) is 61.7 cm³/mol. The summed E-state index contributed by atoms with van der Waals surface area (Å²) >= 11 is 0. The van der Waals surface area contributed by atoms with Gasteiger partial charge in [-0.05, 0) is 46.8 Å². The van der Waals surface area contributed by atoms with Gasteiger partial charge in [-0.25, -0.2) is 0 Å². The Kier molecular flexibility index (Phi) is 5.45. The number of hydrogen-bond acceptors (Lipinski definition) is 3. The molecule has 0 spiro atoms. The Hall–Kier alpha value is -0.120. The number of nitrogens with one attached hydrogen (secondary N) is 2. The van der Waals surface area contributed by atoms with Crippen molar-refractivity contribution in [2.45, 2.75) is 38.8 Å². The third-order valence-electron chi connectivity index (χ3n) is 3.03. The monoisotopic (exact) mass is 199 g/mol. The van der Waals surface area contributed by atoms with Crippen molar-refractivity contribution < 1.29 is 0 Å². The van der Waals surface area contributed by atoms with E-state index >= 15 is 0 Å². The summed E-state index contributed by atoms with van der Waals surface area (Å²) in [4.78, 5) is 2.41. The van der Waals surface area contributed by atoms with Gasteiger partial charge < -0.3 is 15.5 Å². The van der Waals surface area contributed by atoms with Crippen LogP contribution in [0.2, 0.25) is 0 Å². The second-order valence-corrected chi connectivity index (χ2v) is 4.59. The molecule has 0 aliphatic carbocycles. The van der Waals surface area contributed by atoms with Crippen LogP contribution in [-0.4, -0.2) is 50.2 Å². The standard InChI is InChI=1S/C11H25N3/c1-10(2)14(3)7-5-4-6-13-11-8-12-9-11/h10-13H,4-9H2,1-3H3. The van der Waals surface area contributed by atoms with E-state index in [9.17, 15) is 0 Å². The van der Waals surface area contributed by atoms with Crippen molar-refractivity contribution in [1.29, 1.82) is 0 Å². The first kappa shape index (κ1) is 12.0. The zero-order chi connectivity index (χ0) is 10.4. The number of nitrogens with zero attached hydrogens (tertiary/aromatic N) is 1. The molecule has 0 unspecified atom stereocenters. The highest BCUT2D eigenvalue weighted by molar-refractivity contribution is 4.81. The van der Waals surface area contributed by atoms with Gasteiger partial charge in [0.25, 0.3) is 0 Å². The third kappa shape index (κ3) is 4.40. The van der Waals surface area contributed by atoms with Crippen LogP contribution in [0.25, 0.3) is 0 Å². The van der Waals surface area contributed by atoms with Gasteiger partial charge in [0.05, 0.1) is 0 Å². The Bertz CT molecular complexity index is 143. The lowest BCUT2D eigenvalue weighted by Gasteiger charge is -2.28. The van der Waals surface area contributed by atoms with Crippen LogP contribution >= 0.6 is 0 Å². The molecule has 1 saturated heterocycles. The van der Waals surface area contributed by atoms with Crippen molar-refractivity contribution in [3.05, 3.63) is 0 Å². The summed E-state index contributed by atoms with van der Waals surface area (Å²) in [5, 5.41) is 6.81. The minimum atomic E-state index is 0.679. The Labute approximate surface area is 88.2 Å². The van der Waals surface area contributed by atoms with Crippen molar-refractivity contribution in [3.63, 3.8) is 0 Å². The molecule has 3 heteroatoms. The molecule has 1 fully saturated rings. The first-order valence-electron chi connectivity index (χ1n) is 5.84. The fourth-order valence-electron chi connectivity index (χ4n) is 1.48. The van der Waals surface area contributed by atoms with Crippen LogP contribution in [0.1, 0.15) is 26.7 Å². The van der Waals surface area contributed by atoms with Gasteiger partial charge in [-0.3, -0.25) is 0 Å². The second kappa shape index (κ2) is 6.38. The van der Waals surface area contributed by atoms with Crippen molar-refractivity contribution in [3.8, 4) is 0 Å².